The molecule has 0 spiro atoms. The van der Waals surface area contributed by atoms with Gasteiger partial charge in [0.25, 0.3) is 0 Å². The van der Waals surface area contributed by atoms with Gasteiger partial charge in [0.15, 0.2) is 0 Å². The number of nitrogens with one attached hydrogen (secondary N) is 1. The second-order valence-electron chi connectivity index (χ2n) is 11.4. The highest BCUT2D eigenvalue weighted by Crippen LogP contribution is 2.44. The number of hydrogen-bond acceptors (Lipinski definition) is 4. The van der Waals surface area contributed by atoms with E-state index in [2.05, 4.69) is 29.6 Å². The van der Waals surface area contributed by atoms with Crippen molar-refractivity contribution >= 4 is 18.0 Å². The van der Waals surface area contributed by atoms with Crippen LogP contribution in [0.25, 0.3) is 11.1 Å². The molecule has 0 aromatic heterocycles. The minimum absolute atomic E-state index is 0.0763. The van der Waals surface area contributed by atoms with Crippen molar-refractivity contribution < 1.29 is 24.2 Å². The Balaban J connectivity index is 1.46. The summed E-state index contributed by atoms with van der Waals surface area (Å²) in [6, 6.07) is 15.4. The molecule has 1 aliphatic heterocycles. The van der Waals surface area contributed by atoms with Crippen molar-refractivity contribution in [3.8, 4) is 11.1 Å². The predicted molar refractivity (Wildman–Crippen MR) is 133 cm³/mol. The third kappa shape index (κ3) is 4.77. The maximum Gasteiger partial charge on any atom is 0.407 e. The quantitative estimate of drug-likeness (QED) is 0.659. The van der Waals surface area contributed by atoms with Gasteiger partial charge in [0.1, 0.15) is 12.6 Å². The Kier molecular flexibility index (Phi) is 6.38. The molecule has 0 saturated carbocycles. The first-order valence-corrected chi connectivity index (χ1v) is 12.0. The van der Waals surface area contributed by atoms with Crippen molar-refractivity contribution in [3.05, 3.63) is 59.7 Å². The van der Waals surface area contributed by atoms with E-state index in [4.69, 9.17) is 4.74 Å². The zero-order valence-corrected chi connectivity index (χ0v) is 21.0. The first kappa shape index (κ1) is 24.8. The molecule has 35 heavy (non-hydrogen) atoms. The van der Waals surface area contributed by atoms with Gasteiger partial charge in [0.05, 0.1) is 5.92 Å². The fourth-order valence-corrected chi connectivity index (χ4v) is 5.30. The summed E-state index contributed by atoms with van der Waals surface area (Å²) in [5, 5.41) is 12.4. The van der Waals surface area contributed by atoms with Gasteiger partial charge >= 0.3 is 12.1 Å². The average Bonchev–Trinajstić information content (AvgIpc) is 3.29. The fourth-order valence-electron chi connectivity index (χ4n) is 5.30. The number of carbonyl (C=O) groups is 3. The molecule has 2 aromatic carbocycles. The van der Waals surface area contributed by atoms with Crippen LogP contribution in [0.3, 0.4) is 0 Å². The number of carbonyl (C=O) groups excluding carboxylic acids is 2. The Bertz CT molecular complexity index is 1100. The van der Waals surface area contributed by atoms with Gasteiger partial charge in [-0.3, -0.25) is 9.59 Å². The Morgan fingerprint density at radius 1 is 1.06 bits per heavy atom. The van der Waals surface area contributed by atoms with Gasteiger partial charge in [-0.2, -0.15) is 0 Å². The Labute approximate surface area is 206 Å². The molecular formula is C28H34N2O5. The third-order valence-corrected chi connectivity index (χ3v) is 7.27. The molecule has 7 heteroatoms. The van der Waals surface area contributed by atoms with E-state index in [1.165, 1.54) is 0 Å². The molecule has 1 fully saturated rings. The first-order valence-electron chi connectivity index (χ1n) is 12.0. The zero-order chi connectivity index (χ0) is 25.5. The number of benzene rings is 2. The number of carboxylic acid groups (broad SMARTS) is 1. The van der Waals surface area contributed by atoms with Crippen molar-refractivity contribution in [1.82, 2.24) is 10.2 Å². The van der Waals surface area contributed by atoms with Crippen LogP contribution >= 0.6 is 0 Å². The van der Waals surface area contributed by atoms with Gasteiger partial charge in [-0.25, -0.2) is 4.79 Å². The van der Waals surface area contributed by atoms with Crippen LogP contribution in [0.4, 0.5) is 4.79 Å². The number of alkyl carbamates (subject to hydrolysis) is 1. The van der Waals surface area contributed by atoms with Gasteiger partial charge in [-0.15, -0.1) is 0 Å². The number of amides is 2. The van der Waals surface area contributed by atoms with Crippen LogP contribution in [-0.2, 0) is 14.3 Å². The fraction of sp³-hybridized carbons (Fsp3) is 0.464. The standard InChI is InChI=1S/C28H34N2O5/c1-27(2,3)23(24(31)30-14-22(25(32)33)28(4,5)16-30)29-26(34)35-15-21-19-12-8-6-10-17(19)18-11-7-9-13-20(18)21/h6-13,21-23H,14-16H2,1-5H3,(H,29,34)(H,32,33)/t22?,23-/m1/s1. The maximum absolute atomic E-state index is 13.4. The summed E-state index contributed by atoms with van der Waals surface area (Å²) < 4.78 is 5.66. The van der Waals surface area contributed by atoms with Gasteiger partial charge in [-0.1, -0.05) is 83.1 Å². The Hall–Kier alpha value is -3.35. The van der Waals surface area contributed by atoms with E-state index in [1.807, 2.05) is 58.9 Å². The molecule has 2 aromatic rings. The highest BCUT2D eigenvalue weighted by atomic mass is 16.5. The molecule has 0 radical (unpaired) electrons. The highest BCUT2D eigenvalue weighted by Gasteiger charge is 2.48. The van der Waals surface area contributed by atoms with Crippen molar-refractivity contribution in [2.24, 2.45) is 16.7 Å². The summed E-state index contributed by atoms with van der Waals surface area (Å²) in [5.74, 6) is -1.93. The molecule has 0 bridgehead atoms. The molecule has 2 N–H and O–H groups in total. The lowest BCUT2D eigenvalue weighted by atomic mass is 9.82. The molecule has 1 saturated heterocycles. The molecule has 2 aliphatic rings. The van der Waals surface area contributed by atoms with Crippen molar-refractivity contribution in [2.75, 3.05) is 19.7 Å². The van der Waals surface area contributed by atoms with E-state index in [1.54, 1.807) is 4.90 Å². The van der Waals surface area contributed by atoms with E-state index >= 15 is 0 Å². The van der Waals surface area contributed by atoms with Crippen molar-refractivity contribution in [2.45, 2.75) is 46.6 Å². The molecule has 1 aliphatic carbocycles. The second kappa shape index (κ2) is 9.02. The van der Waals surface area contributed by atoms with E-state index in [0.29, 0.717) is 6.54 Å². The molecule has 1 unspecified atom stereocenters. The van der Waals surface area contributed by atoms with Crippen LogP contribution in [0.5, 0.6) is 0 Å². The number of ether oxygens (including phenoxy) is 1. The number of rotatable bonds is 5. The SMILES string of the molecule is CC1(C)CN(C(=O)[C@@H](NC(=O)OCC2c3ccccc3-c3ccccc32)C(C)(C)C)CC1C(=O)O. The van der Waals surface area contributed by atoms with Crippen LogP contribution in [-0.4, -0.2) is 53.7 Å². The molecule has 186 valence electrons. The second-order valence-corrected chi connectivity index (χ2v) is 11.4. The first-order chi connectivity index (χ1) is 16.4. The summed E-state index contributed by atoms with van der Waals surface area (Å²) in [5.41, 5.74) is 3.38. The number of hydrogen-bond donors (Lipinski definition) is 2. The number of aliphatic carboxylic acids is 1. The van der Waals surface area contributed by atoms with E-state index in [0.717, 1.165) is 22.3 Å². The van der Waals surface area contributed by atoms with Crippen LogP contribution in [0, 0.1) is 16.7 Å². The normalized spacial score (nSPS) is 19.6. The molecular weight excluding hydrogens is 444 g/mol. The van der Waals surface area contributed by atoms with Crippen LogP contribution < -0.4 is 5.32 Å². The third-order valence-electron chi connectivity index (χ3n) is 7.27. The number of carboxylic acids is 1. The lowest BCUT2D eigenvalue weighted by Gasteiger charge is -2.33. The summed E-state index contributed by atoms with van der Waals surface area (Å²) in [6.45, 7) is 9.92. The lowest BCUT2D eigenvalue weighted by molar-refractivity contribution is -0.144. The minimum atomic E-state index is -0.915. The van der Waals surface area contributed by atoms with E-state index in [9.17, 15) is 19.5 Å². The van der Waals surface area contributed by atoms with E-state index < -0.39 is 34.9 Å². The van der Waals surface area contributed by atoms with Gasteiger partial charge in [-0.05, 0) is 33.1 Å². The van der Waals surface area contributed by atoms with Gasteiger partial charge in [0.2, 0.25) is 5.91 Å². The smallest absolute Gasteiger partial charge is 0.407 e. The summed E-state index contributed by atoms with van der Waals surface area (Å²) in [4.78, 5) is 39.6. The zero-order valence-electron chi connectivity index (χ0n) is 21.0. The summed E-state index contributed by atoms with van der Waals surface area (Å²) in [6.07, 6.45) is -0.659. The Morgan fingerprint density at radius 2 is 1.60 bits per heavy atom. The van der Waals surface area contributed by atoms with Gasteiger partial charge < -0.3 is 20.1 Å². The minimum Gasteiger partial charge on any atom is -0.481 e. The molecule has 1 heterocycles. The monoisotopic (exact) mass is 478 g/mol. The molecule has 4 rings (SSSR count). The lowest BCUT2D eigenvalue weighted by Crippen LogP contribution is -2.54. The van der Waals surface area contributed by atoms with Gasteiger partial charge in [0, 0.05) is 19.0 Å². The van der Waals surface area contributed by atoms with Crippen LogP contribution in [0.15, 0.2) is 48.5 Å². The number of likely N-dealkylation sites (tertiary alicyclic amines) is 1. The summed E-state index contributed by atoms with van der Waals surface area (Å²) in [7, 11) is 0. The molecule has 2 atom stereocenters. The van der Waals surface area contributed by atoms with Crippen LogP contribution in [0.2, 0.25) is 0 Å². The summed E-state index contributed by atoms with van der Waals surface area (Å²) >= 11 is 0. The molecule has 7 nitrogen and oxygen atoms in total. The van der Waals surface area contributed by atoms with E-state index in [-0.39, 0.29) is 25.0 Å². The van der Waals surface area contributed by atoms with Crippen LogP contribution in [0.1, 0.15) is 51.7 Å². The highest BCUT2D eigenvalue weighted by molar-refractivity contribution is 5.88. The number of fused-ring (bicyclic) bond motifs is 3. The average molecular weight is 479 g/mol. The topological polar surface area (TPSA) is 95.9 Å². The van der Waals surface area contributed by atoms with Crippen molar-refractivity contribution in [1.29, 1.82) is 0 Å². The Morgan fingerprint density at radius 3 is 2.09 bits per heavy atom. The predicted octanol–water partition coefficient (Wildman–Crippen LogP) is 4.51. The number of nitrogens with zero attached hydrogens (tertiary/aromatic N) is 1. The maximum atomic E-state index is 13.4. The van der Waals surface area contributed by atoms with Crippen molar-refractivity contribution in [3.63, 3.8) is 0 Å². The largest absolute Gasteiger partial charge is 0.481 e. The molecule has 2 amide bonds.